The number of aromatic hydroxyl groups is 1. The fourth-order valence-corrected chi connectivity index (χ4v) is 2.91. The number of benzene rings is 2. The monoisotopic (exact) mass is 357 g/mol. The molecular weight excluding hydrogens is 338 g/mol. The number of methoxy groups -OCH3 is 4. The number of hydrogen-bond donors (Lipinski definition) is 2. The van der Waals surface area contributed by atoms with Gasteiger partial charge in [-0.3, -0.25) is 4.79 Å². The molecule has 0 spiro atoms. The molecule has 2 N–H and O–H groups in total. The Labute approximate surface area is 149 Å². The first-order valence-corrected chi connectivity index (χ1v) is 7.77. The third-order valence-corrected chi connectivity index (χ3v) is 4.15. The minimum atomic E-state index is -0.591. The molecule has 136 valence electrons. The van der Waals surface area contributed by atoms with Gasteiger partial charge in [-0.25, -0.2) is 0 Å². The fourth-order valence-electron chi connectivity index (χ4n) is 2.91. The van der Waals surface area contributed by atoms with Crippen molar-refractivity contribution in [3.8, 4) is 39.9 Å². The second kappa shape index (κ2) is 6.87. The maximum absolute atomic E-state index is 12.2. The van der Waals surface area contributed by atoms with Crippen molar-refractivity contribution in [3.63, 3.8) is 0 Å². The molecule has 0 atom stereocenters. The van der Waals surface area contributed by atoms with Crippen LogP contribution in [-0.4, -0.2) is 38.5 Å². The number of fused-ring (bicyclic) bond motifs is 1. The first kappa shape index (κ1) is 17.5. The van der Waals surface area contributed by atoms with E-state index >= 15 is 0 Å². The molecule has 3 aromatic rings. The number of nitrogens with one attached hydrogen (secondary N) is 1. The van der Waals surface area contributed by atoms with E-state index in [1.54, 1.807) is 37.4 Å². The SMILES string of the molecule is COc1ccc2[nH]c(=O)c(O)c(-c3cc(OC)c(OC)c(OC)c3)c2c1. The summed E-state index contributed by atoms with van der Waals surface area (Å²) in [6.07, 6.45) is 0. The molecule has 2 aromatic carbocycles. The molecule has 1 aromatic heterocycles. The van der Waals surface area contributed by atoms with Gasteiger partial charge in [0.25, 0.3) is 5.56 Å². The largest absolute Gasteiger partial charge is 0.503 e. The summed E-state index contributed by atoms with van der Waals surface area (Å²) in [6, 6.07) is 8.54. The van der Waals surface area contributed by atoms with Gasteiger partial charge in [-0.15, -0.1) is 0 Å². The average molecular weight is 357 g/mol. The highest BCUT2D eigenvalue weighted by Crippen LogP contribution is 2.44. The van der Waals surface area contributed by atoms with Gasteiger partial charge in [0.2, 0.25) is 5.75 Å². The van der Waals surface area contributed by atoms with Crippen LogP contribution in [0, 0.1) is 0 Å². The van der Waals surface area contributed by atoms with Crippen LogP contribution in [0.4, 0.5) is 0 Å². The summed E-state index contributed by atoms with van der Waals surface area (Å²) in [6.45, 7) is 0. The predicted molar refractivity (Wildman–Crippen MR) is 97.9 cm³/mol. The third-order valence-electron chi connectivity index (χ3n) is 4.15. The molecule has 0 bridgehead atoms. The van der Waals surface area contributed by atoms with Crippen molar-refractivity contribution in [2.24, 2.45) is 0 Å². The molecule has 0 unspecified atom stereocenters. The average Bonchev–Trinajstić information content (AvgIpc) is 2.67. The first-order chi connectivity index (χ1) is 12.5. The normalized spacial score (nSPS) is 10.6. The van der Waals surface area contributed by atoms with Crippen LogP contribution in [0.15, 0.2) is 35.1 Å². The van der Waals surface area contributed by atoms with E-state index in [0.717, 1.165) is 0 Å². The molecule has 1 heterocycles. The summed E-state index contributed by atoms with van der Waals surface area (Å²) >= 11 is 0. The number of ether oxygens (including phenoxy) is 4. The number of H-pyrrole nitrogens is 1. The molecule has 0 saturated heterocycles. The first-order valence-electron chi connectivity index (χ1n) is 7.77. The van der Waals surface area contributed by atoms with E-state index < -0.39 is 11.3 Å². The molecule has 7 heteroatoms. The summed E-state index contributed by atoms with van der Waals surface area (Å²) in [5, 5.41) is 11.1. The lowest BCUT2D eigenvalue weighted by Gasteiger charge is -2.16. The lowest BCUT2D eigenvalue weighted by Crippen LogP contribution is -2.07. The van der Waals surface area contributed by atoms with Crippen LogP contribution in [0.25, 0.3) is 22.0 Å². The van der Waals surface area contributed by atoms with E-state index in [-0.39, 0.29) is 0 Å². The Hall–Kier alpha value is -3.35. The summed E-state index contributed by atoms with van der Waals surface area (Å²) in [7, 11) is 6.05. The van der Waals surface area contributed by atoms with Gasteiger partial charge in [0.1, 0.15) is 5.75 Å². The second-order valence-electron chi connectivity index (χ2n) is 5.50. The van der Waals surface area contributed by atoms with Crippen molar-refractivity contribution in [2.75, 3.05) is 28.4 Å². The number of hydrogen-bond acceptors (Lipinski definition) is 6. The molecule has 3 rings (SSSR count). The zero-order valence-electron chi connectivity index (χ0n) is 14.9. The van der Waals surface area contributed by atoms with Gasteiger partial charge in [-0.1, -0.05) is 0 Å². The van der Waals surface area contributed by atoms with E-state index in [4.69, 9.17) is 18.9 Å². The molecule has 0 aliphatic rings. The number of aromatic nitrogens is 1. The molecule has 0 amide bonds. The standard InChI is InChI=1S/C19H19NO6/c1-23-11-5-6-13-12(9-11)16(17(21)19(22)20-13)10-7-14(24-2)18(26-4)15(8-10)25-3/h5-9,21H,1-4H3,(H,20,22). The van der Waals surface area contributed by atoms with Gasteiger partial charge >= 0.3 is 0 Å². The Kier molecular flexibility index (Phi) is 4.62. The fraction of sp³-hybridized carbons (Fsp3) is 0.211. The van der Waals surface area contributed by atoms with Crippen LogP contribution < -0.4 is 24.5 Å². The van der Waals surface area contributed by atoms with E-state index in [1.165, 1.54) is 21.3 Å². The molecule has 0 aliphatic heterocycles. The van der Waals surface area contributed by atoms with Crippen LogP contribution in [-0.2, 0) is 0 Å². The van der Waals surface area contributed by atoms with Gasteiger partial charge in [-0.2, -0.15) is 0 Å². The molecule has 7 nitrogen and oxygen atoms in total. The van der Waals surface area contributed by atoms with Gasteiger partial charge in [-0.05, 0) is 35.9 Å². The molecule has 26 heavy (non-hydrogen) atoms. The van der Waals surface area contributed by atoms with Crippen molar-refractivity contribution in [3.05, 3.63) is 40.7 Å². The molecular formula is C19H19NO6. The summed E-state index contributed by atoms with van der Waals surface area (Å²) in [4.78, 5) is 14.8. The highest BCUT2D eigenvalue weighted by Gasteiger charge is 2.19. The van der Waals surface area contributed by atoms with Gasteiger partial charge in [0.15, 0.2) is 17.2 Å². The van der Waals surface area contributed by atoms with Gasteiger partial charge < -0.3 is 29.0 Å². The van der Waals surface area contributed by atoms with E-state index in [9.17, 15) is 9.90 Å². The topological polar surface area (TPSA) is 90.0 Å². The van der Waals surface area contributed by atoms with Gasteiger partial charge in [0.05, 0.1) is 28.4 Å². The van der Waals surface area contributed by atoms with Crippen LogP contribution in [0.1, 0.15) is 0 Å². The Morgan fingerprint density at radius 2 is 1.54 bits per heavy atom. The molecule has 0 saturated carbocycles. The predicted octanol–water partition coefficient (Wildman–Crippen LogP) is 2.94. The van der Waals surface area contributed by atoms with E-state index in [1.807, 2.05) is 0 Å². The number of pyridine rings is 1. The quantitative estimate of drug-likeness (QED) is 0.730. The van der Waals surface area contributed by atoms with Crippen molar-refractivity contribution in [1.29, 1.82) is 0 Å². The lowest BCUT2D eigenvalue weighted by atomic mass is 9.99. The van der Waals surface area contributed by atoms with Crippen LogP contribution in [0.5, 0.6) is 28.7 Å². The van der Waals surface area contributed by atoms with E-state index in [2.05, 4.69) is 4.98 Å². The van der Waals surface area contributed by atoms with Crippen molar-refractivity contribution in [2.45, 2.75) is 0 Å². The minimum absolute atomic E-state index is 0.349. The zero-order chi connectivity index (χ0) is 18.8. The smallest absolute Gasteiger partial charge is 0.291 e. The summed E-state index contributed by atoms with van der Waals surface area (Å²) in [5.41, 5.74) is 0.868. The van der Waals surface area contributed by atoms with Gasteiger partial charge in [0, 0.05) is 16.5 Å². The van der Waals surface area contributed by atoms with Crippen molar-refractivity contribution >= 4 is 10.9 Å². The molecule has 0 radical (unpaired) electrons. The van der Waals surface area contributed by atoms with Crippen LogP contribution in [0.2, 0.25) is 0 Å². The summed E-state index contributed by atoms with van der Waals surface area (Å²) < 4.78 is 21.3. The Bertz CT molecular complexity index is 999. The van der Waals surface area contributed by atoms with E-state index in [0.29, 0.717) is 45.0 Å². The number of rotatable bonds is 5. The highest BCUT2D eigenvalue weighted by molar-refractivity contribution is 5.98. The maximum atomic E-state index is 12.2. The lowest BCUT2D eigenvalue weighted by molar-refractivity contribution is 0.324. The zero-order valence-corrected chi connectivity index (χ0v) is 14.9. The summed E-state index contributed by atoms with van der Waals surface area (Å²) in [5.74, 6) is 1.44. The minimum Gasteiger partial charge on any atom is -0.503 e. The Morgan fingerprint density at radius 3 is 2.08 bits per heavy atom. The molecule has 0 aliphatic carbocycles. The second-order valence-corrected chi connectivity index (χ2v) is 5.50. The van der Waals surface area contributed by atoms with Crippen LogP contribution >= 0.6 is 0 Å². The maximum Gasteiger partial charge on any atom is 0.291 e. The number of aromatic amines is 1. The highest BCUT2D eigenvalue weighted by atomic mass is 16.5. The van der Waals surface area contributed by atoms with Crippen molar-refractivity contribution in [1.82, 2.24) is 4.98 Å². The van der Waals surface area contributed by atoms with Crippen LogP contribution in [0.3, 0.4) is 0 Å². The van der Waals surface area contributed by atoms with Crippen molar-refractivity contribution < 1.29 is 24.1 Å². The third kappa shape index (κ3) is 2.77. The Balaban J connectivity index is 2.41. The Morgan fingerprint density at radius 1 is 0.885 bits per heavy atom. The molecule has 0 fully saturated rings.